The van der Waals surface area contributed by atoms with Crippen molar-refractivity contribution in [1.82, 2.24) is 0 Å². The van der Waals surface area contributed by atoms with Crippen molar-refractivity contribution >= 4 is 0 Å². The lowest BCUT2D eigenvalue weighted by atomic mass is 9.62. The molecule has 0 aliphatic carbocycles. The van der Waals surface area contributed by atoms with Gasteiger partial charge in [-0.2, -0.15) is 0 Å². The standard InChI is InChI=1S/C12H26/c1-8-9-10(2)12(6,7)11(3,4)5/h10H,8-9H2,1-7H3. The smallest absolute Gasteiger partial charge is 0.0280 e. The molecule has 0 aliphatic rings. The lowest BCUT2D eigenvalue weighted by molar-refractivity contribution is 0.0589. The summed E-state index contributed by atoms with van der Waals surface area (Å²) in [5, 5.41) is 0. The summed E-state index contributed by atoms with van der Waals surface area (Å²) in [6, 6.07) is 0. The van der Waals surface area contributed by atoms with E-state index in [9.17, 15) is 0 Å². The summed E-state index contributed by atoms with van der Waals surface area (Å²) >= 11 is 0. The molecule has 0 heterocycles. The second-order valence-corrected chi connectivity index (χ2v) is 5.66. The normalized spacial score (nSPS) is 16.2. The molecule has 0 saturated carbocycles. The lowest BCUT2D eigenvalue weighted by Gasteiger charge is -2.44. The van der Waals surface area contributed by atoms with Crippen molar-refractivity contribution in [2.75, 3.05) is 0 Å². The third-order valence-corrected chi connectivity index (χ3v) is 3.89. The molecule has 0 nitrogen and oxygen atoms in total. The minimum absolute atomic E-state index is 0.418. The van der Waals surface area contributed by atoms with E-state index in [2.05, 4.69) is 48.5 Å². The summed E-state index contributed by atoms with van der Waals surface area (Å²) < 4.78 is 0. The first-order valence-electron chi connectivity index (χ1n) is 5.23. The summed E-state index contributed by atoms with van der Waals surface area (Å²) in [5.41, 5.74) is 0.866. The van der Waals surface area contributed by atoms with Gasteiger partial charge in [0.1, 0.15) is 0 Å². The Morgan fingerprint density at radius 3 is 1.67 bits per heavy atom. The van der Waals surface area contributed by atoms with E-state index in [-0.39, 0.29) is 0 Å². The van der Waals surface area contributed by atoms with Crippen LogP contribution in [0.15, 0.2) is 0 Å². The van der Waals surface area contributed by atoms with Gasteiger partial charge in [0.25, 0.3) is 0 Å². The highest BCUT2D eigenvalue weighted by molar-refractivity contribution is 4.86. The highest BCUT2D eigenvalue weighted by atomic mass is 14.4. The maximum absolute atomic E-state index is 2.40. The third kappa shape index (κ3) is 2.50. The van der Waals surface area contributed by atoms with E-state index >= 15 is 0 Å². The van der Waals surface area contributed by atoms with Crippen molar-refractivity contribution in [3.05, 3.63) is 0 Å². The predicted octanol–water partition coefficient (Wildman–Crippen LogP) is 4.49. The zero-order valence-corrected chi connectivity index (χ0v) is 9.99. The molecule has 0 aromatic rings. The van der Waals surface area contributed by atoms with Crippen LogP contribution in [-0.4, -0.2) is 0 Å². The van der Waals surface area contributed by atoms with Gasteiger partial charge in [-0.05, 0) is 16.7 Å². The monoisotopic (exact) mass is 170 g/mol. The summed E-state index contributed by atoms with van der Waals surface area (Å²) in [6.07, 6.45) is 2.66. The maximum atomic E-state index is 2.40. The number of hydrogen-bond donors (Lipinski definition) is 0. The Hall–Kier alpha value is 0. The summed E-state index contributed by atoms with van der Waals surface area (Å²) in [4.78, 5) is 0. The van der Waals surface area contributed by atoms with Gasteiger partial charge < -0.3 is 0 Å². The molecule has 0 aromatic carbocycles. The summed E-state index contributed by atoms with van der Waals surface area (Å²) in [6.45, 7) is 16.5. The Morgan fingerprint density at radius 2 is 1.42 bits per heavy atom. The zero-order valence-electron chi connectivity index (χ0n) is 9.99. The molecule has 0 aliphatic heterocycles. The second-order valence-electron chi connectivity index (χ2n) is 5.66. The van der Waals surface area contributed by atoms with Gasteiger partial charge in [0.15, 0.2) is 0 Å². The van der Waals surface area contributed by atoms with Gasteiger partial charge in [-0.1, -0.05) is 61.3 Å². The van der Waals surface area contributed by atoms with Gasteiger partial charge in [0.05, 0.1) is 0 Å². The first-order valence-corrected chi connectivity index (χ1v) is 5.23. The zero-order chi connectivity index (χ0) is 9.99. The van der Waals surface area contributed by atoms with Crippen LogP contribution in [0.1, 0.15) is 61.3 Å². The van der Waals surface area contributed by atoms with Crippen LogP contribution >= 0.6 is 0 Å². The van der Waals surface area contributed by atoms with Gasteiger partial charge in [0.2, 0.25) is 0 Å². The molecule has 12 heavy (non-hydrogen) atoms. The maximum Gasteiger partial charge on any atom is -0.0280 e. The van der Waals surface area contributed by atoms with Crippen LogP contribution in [0.2, 0.25) is 0 Å². The number of hydrogen-bond acceptors (Lipinski definition) is 0. The van der Waals surface area contributed by atoms with Gasteiger partial charge in [-0.15, -0.1) is 0 Å². The Labute approximate surface area is 78.8 Å². The van der Waals surface area contributed by atoms with Crippen LogP contribution in [0.4, 0.5) is 0 Å². The van der Waals surface area contributed by atoms with Crippen molar-refractivity contribution in [3.63, 3.8) is 0 Å². The van der Waals surface area contributed by atoms with Gasteiger partial charge >= 0.3 is 0 Å². The van der Waals surface area contributed by atoms with Crippen molar-refractivity contribution < 1.29 is 0 Å². The van der Waals surface area contributed by atoms with Crippen LogP contribution in [0.5, 0.6) is 0 Å². The average molecular weight is 170 g/mol. The van der Waals surface area contributed by atoms with E-state index in [4.69, 9.17) is 0 Å². The minimum Gasteiger partial charge on any atom is -0.0654 e. The van der Waals surface area contributed by atoms with Crippen molar-refractivity contribution in [2.45, 2.75) is 61.3 Å². The van der Waals surface area contributed by atoms with Gasteiger partial charge in [0, 0.05) is 0 Å². The Balaban J connectivity index is 4.38. The molecule has 0 aromatic heterocycles. The summed E-state index contributed by atoms with van der Waals surface area (Å²) in [5.74, 6) is 0.822. The fraction of sp³-hybridized carbons (Fsp3) is 1.00. The quantitative estimate of drug-likeness (QED) is 0.585. The topological polar surface area (TPSA) is 0 Å². The first kappa shape index (κ1) is 12.0. The highest BCUT2D eigenvalue weighted by Gasteiger charge is 2.36. The largest absolute Gasteiger partial charge is 0.0654 e. The molecular weight excluding hydrogens is 144 g/mol. The molecule has 0 spiro atoms. The Morgan fingerprint density at radius 1 is 1.00 bits per heavy atom. The molecule has 0 saturated heterocycles. The van der Waals surface area contributed by atoms with Gasteiger partial charge in [-0.3, -0.25) is 0 Å². The van der Waals surface area contributed by atoms with Crippen molar-refractivity contribution in [2.24, 2.45) is 16.7 Å². The molecule has 0 N–H and O–H groups in total. The van der Waals surface area contributed by atoms with Crippen LogP contribution in [-0.2, 0) is 0 Å². The van der Waals surface area contributed by atoms with E-state index in [1.54, 1.807) is 0 Å². The van der Waals surface area contributed by atoms with E-state index < -0.39 is 0 Å². The Kier molecular flexibility index (Phi) is 3.81. The number of rotatable bonds is 3. The molecule has 0 rings (SSSR count). The van der Waals surface area contributed by atoms with E-state index in [0.717, 1.165) is 5.92 Å². The SMILES string of the molecule is CCCC(C)C(C)(C)C(C)(C)C. The fourth-order valence-corrected chi connectivity index (χ4v) is 1.53. The first-order chi connectivity index (χ1) is 5.23. The molecule has 1 atom stereocenters. The Bertz CT molecular complexity index is 125. The second kappa shape index (κ2) is 3.81. The highest BCUT2D eigenvalue weighted by Crippen LogP contribution is 2.45. The molecule has 0 radical (unpaired) electrons. The van der Waals surface area contributed by atoms with Crippen LogP contribution < -0.4 is 0 Å². The molecule has 0 fully saturated rings. The van der Waals surface area contributed by atoms with Gasteiger partial charge in [-0.25, -0.2) is 0 Å². The van der Waals surface area contributed by atoms with E-state index in [1.165, 1.54) is 12.8 Å². The van der Waals surface area contributed by atoms with Crippen molar-refractivity contribution in [1.29, 1.82) is 0 Å². The van der Waals surface area contributed by atoms with Crippen LogP contribution in [0.3, 0.4) is 0 Å². The van der Waals surface area contributed by atoms with Crippen LogP contribution in [0.25, 0.3) is 0 Å². The third-order valence-electron chi connectivity index (χ3n) is 3.89. The molecule has 74 valence electrons. The summed E-state index contributed by atoms with van der Waals surface area (Å²) in [7, 11) is 0. The van der Waals surface area contributed by atoms with Crippen molar-refractivity contribution in [3.8, 4) is 0 Å². The molecular formula is C12H26. The predicted molar refractivity (Wildman–Crippen MR) is 57.3 cm³/mol. The molecule has 0 heteroatoms. The van der Waals surface area contributed by atoms with E-state index in [1.807, 2.05) is 0 Å². The fourth-order valence-electron chi connectivity index (χ4n) is 1.53. The molecule has 0 bridgehead atoms. The minimum atomic E-state index is 0.418. The lowest BCUT2D eigenvalue weighted by Crippen LogP contribution is -2.35. The molecule has 0 amide bonds. The van der Waals surface area contributed by atoms with Crippen LogP contribution in [0, 0.1) is 16.7 Å². The van der Waals surface area contributed by atoms with E-state index in [0.29, 0.717) is 10.8 Å². The average Bonchev–Trinajstić information content (AvgIpc) is 1.85. The molecule has 1 unspecified atom stereocenters.